The van der Waals surface area contributed by atoms with Gasteiger partial charge in [0.15, 0.2) is 11.5 Å². The van der Waals surface area contributed by atoms with E-state index in [0.29, 0.717) is 49.8 Å². The van der Waals surface area contributed by atoms with Crippen molar-refractivity contribution in [3.05, 3.63) is 23.8 Å². The van der Waals surface area contributed by atoms with Crippen molar-refractivity contribution in [1.82, 2.24) is 10.2 Å². The number of methoxy groups -OCH3 is 2. The highest BCUT2D eigenvalue weighted by atomic mass is 35.5. The maximum atomic E-state index is 13.3. The Balaban J connectivity index is 0.00000450. The lowest BCUT2D eigenvalue weighted by Crippen LogP contribution is -2.54. The number of rotatable bonds is 10. The SMILES string of the molecule is COCCCOc1cc(C(=O)N(C(C)C)[C@H]2CNC[C@H](C(=O)O)C2)ccc1OC.Cl. The molecule has 9 heteroatoms. The van der Waals surface area contributed by atoms with E-state index in [1.807, 2.05) is 13.8 Å². The van der Waals surface area contributed by atoms with Crippen molar-refractivity contribution < 1.29 is 28.9 Å². The summed E-state index contributed by atoms with van der Waals surface area (Å²) in [4.78, 5) is 26.5. The van der Waals surface area contributed by atoms with Gasteiger partial charge in [0.2, 0.25) is 0 Å². The molecule has 1 aliphatic heterocycles. The molecule has 0 aliphatic carbocycles. The van der Waals surface area contributed by atoms with Crippen molar-refractivity contribution in [2.45, 2.75) is 38.8 Å². The summed E-state index contributed by atoms with van der Waals surface area (Å²) in [5.74, 6) is -0.432. The van der Waals surface area contributed by atoms with Crippen LogP contribution in [-0.4, -0.2) is 74.5 Å². The highest BCUT2D eigenvalue weighted by Gasteiger charge is 2.34. The zero-order valence-corrected chi connectivity index (χ0v) is 18.9. The minimum Gasteiger partial charge on any atom is -0.493 e. The van der Waals surface area contributed by atoms with Gasteiger partial charge >= 0.3 is 5.97 Å². The fourth-order valence-corrected chi connectivity index (χ4v) is 3.60. The van der Waals surface area contributed by atoms with E-state index in [1.54, 1.807) is 37.3 Å². The molecule has 1 heterocycles. The predicted molar refractivity (Wildman–Crippen MR) is 116 cm³/mol. The van der Waals surface area contributed by atoms with E-state index in [2.05, 4.69) is 5.32 Å². The summed E-state index contributed by atoms with van der Waals surface area (Å²) < 4.78 is 16.2. The quantitative estimate of drug-likeness (QED) is 0.535. The van der Waals surface area contributed by atoms with Gasteiger partial charge in [-0.3, -0.25) is 9.59 Å². The van der Waals surface area contributed by atoms with Crippen molar-refractivity contribution in [2.75, 3.05) is 40.5 Å². The smallest absolute Gasteiger partial charge is 0.307 e. The second kappa shape index (κ2) is 12.6. The molecule has 2 atom stereocenters. The number of benzene rings is 1. The molecule has 0 saturated carbocycles. The number of hydrogen-bond donors (Lipinski definition) is 2. The topological polar surface area (TPSA) is 97.3 Å². The molecule has 0 spiro atoms. The Hall–Kier alpha value is -2.03. The van der Waals surface area contributed by atoms with Crippen molar-refractivity contribution in [3.8, 4) is 11.5 Å². The molecule has 1 aromatic rings. The zero-order valence-electron chi connectivity index (χ0n) is 18.1. The van der Waals surface area contributed by atoms with Crippen LogP contribution in [0.4, 0.5) is 0 Å². The molecule has 1 saturated heterocycles. The van der Waals surface area contributed by atoms with Crippen LogP contribution in [0.25, 0.3) is 0 Å². The van der Waals surface area contributed by atoms with E-state index >= 15 is 0 Å². The van der Waals surface area contributed by atoms with Gasteiger partial charge in [0.25, 0.3) is 5.91 Å². The monoisotopic (exact) mass is 444 g/mol. The Kier molecular flexibility index (Phi) is 10.9. The molecule has 0 unspecified atom stereocenters. The van der Waals surface area contributed by atoms with E-state index in [9.17, 15) is 14.7 Å². The number of halogens is 1. The zero-order chi connectivity index (χ0) is 21.4. The summed E-state index contributed by atoms with van der Waals surface area (Å²) in [6, 6.07) is 4.86. The molecule has 1 fully saturated rings. The normalized spacial score (nSPS) is 18.4. The fraction of sp³-hybridized carbons (Fsp3) is 0.619. The maximum absolute atomic E-state index is 13.3. The van der Waals surface area contributed by atoms with Crippen LogP contribution >= 0.6 is 12.4 Å². The number of piperidine rings is 1. The van der Waals surface area contributed by atoms with E-state index in [0.717, 1.165) is 6.42 Å². The molecular weight excluding hydrogens is 412 g/mol. The van der Waals surface area contributed by atoms with Crippen molar-refractivity contribution >= 4 is 24.3 Å². The summed E-state index contributed by atoms with van der Waals surface area (Å²) in [6.45, 7) is 5.91. The van der Waals surface area contributed by atoms with Crippen LogP contribution in [-0.2, 0) is 9.53 Å². The third kappa shape index (κ3) is 6.75. The van der Waals surface area contributed by atoms with Crippen molar-refractivity contribution in [1.29, 1.82) is 0 Å². The van der Waals surface area contributed by atoms with Crippen LogP contribution in [0.3, 0.4) is 0 Å². The predicted octanol–water partition coefficient (Wildman–Crippen LogP) is 2.45. The van der Waals surface area contributed by atoms with E-state index < -0.39 is 11.9 Å². The van der Waals surface area contributed by atoms with Crippen LogP contribution in [0, 0.1) is 5.92 Å². The lowest BCUT2D eigenvalue weighted by molar-refractivity contribution is -0.143. The second-order valence-electron chi connectivity index (χ2n) is 7.45. The van der Waals surface area contributed by atoms with Gasteiger partial charge in [-0.15, -0.1) is 12.4 Å². The molecule has 2 N–H and O–H groups in total. The fourth-order valence-electron chi connectivity index (χ4n) is 3.60. The van der Waals surface area contributed by atoms with Crippen LogP contribution in [0.1, 0.15) is 37.0 Å². The maximum Gasteiger partial charge on any atom is 0.307 e. The summed E-state index contributed by atoms with van der Waals surface area (Å²) in [7, 11) is 3.19. The Morgan fingerprint density at radius 1 is 1.20 bits per heavy atom. The van der Waals surface area contributed by atoms with Gasteiger partial charge in [-0.05, 0) is 38.5 Å². The first-order chi connectivity index (χ1) is 13.9. The highest BCUT2D eigenvalue weighted by molar-refractivity contribution is 5.95. The third-order valence-electron chi connectivity index (χ3n) is 5.02. The average Bonchev–Trinajstić information content (AvgIpc) is 2.71. The first-order valence-corrected chi connectivity index (χ1v) is 9.95. The standard InChI is InChI=1S/C21H32N2O6.ClH/c1-14(2)23(17-10-16(21(25)26)12-22-13-17)20(24)15-6-7-18(28-4)19(11-15)29-9-5-8-27-3;/h6-7,11,14,16-17,22H,5,8-10,12-13H2,1-4H3,(H,25,26);1H/t16-,17-;/m1./s1. The van der Waals surface area contributed by atoms with Gasteiger partial charge in [0.1, 0.15) is 0 Å². The lowest BCUT2D eigenvalue weighted by Gasteiger charge is -2.39. The molecule has 8 nitrogen and oxygen atoms in total. The van der Waals surface area contributed by atoms with Gasteiger partial charge in [0, 0.05) is 50.9 Å². The number of carbonyl (C=O) groups excluding carboxylic acids is 1. The number of carboxylic acids is 1. The summed E-state index contributed by atoms with van der Waals surface area (Å²) in [5, 5.41) is 12.5. The van der Waals surface area contributed by atoms with Gasteiger partial charge < -0.3 is 29.5 Å². The lowest BCUT2D eigenvalue weighted by atomic mass is 9.93. The van der Waals surface area contributed by atoms with E-state index in [-0.39, 0.29) is 30.4 Å². The number of carbonyl (C=O) groups is 2. The van der Waals surface area contributed by atoms with Crippen molar-refractivity contribution in [2.24, 2.45) is 5.92 Å². The summed E-state index contributed by atoms with van der Waals surface area (Å²) in [5.41, 5.74) is 0.485. The molecule has 1 aromatic carbocycles. The number of aliphatic carboxylic acids is 1. The Morgan fingerprint density at radius 2 is 1.93 bits per heavy atom. The molecule has 30 heavy (non-hydrogen) atoms. The van der Waals surface area contributed by atoms with Gasteiger partial charge in [-0.2, -0.15) is 0 Å². The highest BCUT2D eigenvalue weighted by Crippen LogP contribution is 2.30. The molecule has 0 radical (unpaired) electrons. The molecule has 0 bridgehead atoms. The van der Waals surface area contributed by atoms with Crippen molar-refractivity contribution in [3.63, 3.8) is 0 Å². The molecule has 1 aliphatic rings. The van der Waals surface area contributed by atoms with E-state index in [1.165, 1.54) is 0 Å². The van der Waals surface area contributed by atoms with Gasteiger partial charge in [0.05, 0.1) is 19.6 Å². The molecule has 1 amide bonds. The first-order valence-electron chi connectivity index (χ1n) is 9.95. The second-order valence-corrected chi connectivity index (χ2v) is 7.45. The number of nitrogens with zero attached hydrogens (tertiary/aromatic N) is 1. The summed E-state index contributed by atoms with van der Waals surface area (Å²) >= 11 is 0. The minimum absolute atomic E-state index is 0. The molecule has 2 rings (SSSR count). The number of amides is 1. The minimum atomic E-state index is -0.838. The average molecular weight is 445 g/mol. The van der Waals surface area contributed by atoms with Crippen LogP contribution in [0.15, 0.2) is 18.2 Å². The Bertz CT molecular complexity index is 700. The Morgan fingerprint density at radius 3 is 2.53 bits per heavy atom. The van der Waals surface area contributed by atoms with Crippen LogP contribution in [0.2, 0.25) is 0 Å². The number of hydrogen-bond acceptors (Lipinski definition) is 6. The third-order valence-corrected chi connectivity index (χ3v) is 5.02. The number of nitrogens with one attached hydrogen (secondary N) is 1. The molecule has 170 valence electrons. The van der Waals surface area contributed by atoms with Crippen LogP contribution < -0.4 is 14.8 Å². The number of carboxylic acid groups (broad SMARTS) is 1. The van der Waals surface area contributed by atoms with Gasteiger partial charge in [-0.25, -0.2) is 0 Å². The first kappa shape index (κ1) is 26.0. The number of ether oxygens (including phenoxy) is 3. The molecular formula is C21H33ClN2O6. The van der Waals surface area contributed by atoms with E-state index in [4.69, 9.17) is 14.2 Å². The summed E-state index contributed by atoms with van der Waals surface area (Å²) in [6.07, 6.45) is 1.16. The molecule has 0 aromatic heterocycles. The van der Waals surface area contributed by atoms with Crippen LogP contribution in [0.5, 0.6) is 11.5 Å². The van der Waals surface area contributed by atoms with Gasteiger partial charge in [-0.1, -0.05) is 0 Å². The largest absolute Gasteiger partial charge is 0.493 e. The Labute approximate surface area is 184 Å².